The molecular weight excluding hydrogens is 212 g/mol. The van der Waals surface area contributed by atoms with Crippen molar-refractivity contribution >= 4 is 6.08 Å². The Labute approximate surface area is 103 Å². The minimum absolute atomic E-state index is 0.0259. The van der Waals surface area contributed by atoms with Crippen LogP contribution in [0.3, 0.4) is 0 Å². The predicted octanol–water partition coefficient (Wildman–Crippen LogP) is 3.47. The summed E-state index contributed by atoms with van der Waals surface area (Å²) in [7, 11) is 0. The van der Waals surface area contributed by atoms with Crippen molar-refractivity contribution < 1.29 is 10.2 Å². The number of hydrogen-bond acceptors (Lipinski definition) is 2. The van der Waals surface area contributed by atoms with Crippen LogP contribution in [-0.4, -0.2) is 10.2 Å². The van der Waals surface area contributed by atoms with E-state index in [1.165, 1.54) is 0 Å². The molecule has 90 valence electrons. The second-order valence-electron chi connectivity index (χ2n) is 5.04. The van der Waals surface area contributed by atoms with Crippen molar-refractivity contribution in [3.8, 4) is 23.3 Å². The molecule has 1 aromatic carbocycles. The van der Waals surface area contributed by atoms with Gasteiger partial charge in [0.2, 0.25) is 0 Å². The molecule has 17 heavy (non-hydrogen) atoms. The van der Waals surface area contributed by atoms with Gasteiger partial charge in [-0.1, -0.05) is 11.8 Å². The van der Waals surface area contributed by atoms with Crippen molar-refractivity contribution in [2.45, 2.75) is 27.7 Å². The number of benzene rings is 1. The van der Waals surface area contributed by atoms with Crippen LogP contribution in [0.1, 0.15) is 31.9 Å². The molecule has 0 aliphatic carbocycles. The molecule has 0 radical (unpaired) electrons. The third-order valence-electron chi connectivity index (χ3n) is 2.18. The average molecular weight is 230 g/mol. The maximum Gasteiger partial charge on any atom is 0.122 e. The molecule has 0 amide bonds. The van der Waals surface area contributed by atoms with Crippen molar-refractivity contribution in [3.63, 3.8) is 0 Å². The summed E-state index contributed by atoms with van der Waals surface area (Å²) in [6, 6.07) is 3.20. The Kier molecular flexibility index (Phi) is 3.85. The van der Waals surface area contributed by atoms with E-state index < -0.39 is 0 Å². The summed E-state index contributed by atoms with van der Waals surface area (Å²) in [6.45, 7) is 7.78. The van der Waals surface area contributed by atoms with Crippen LogP contribution in [0.4, 0.5) is 0 Å². The summed E-state index contributed by atoms with van der Waals surface area (Å²) in [5.74, 6) is 6.19. The molecule has 0 bridgehead atoms. The SMILES string of the molecule is Cc1c(O)cc(/C=C/C#CC(C)(C)C)cc1O. The van der Waals surface area contributed by atoms with Gasteiger partial charge in [-0.3, -0.25) is 0 Å². The Morgan fingerprint density at radius 2 is 1.65 bits per heavy atom. The fourth-order valence-electron chi connectivity index (χ4n) is 1.20. The summed E-state index contributed by atoms with van der Waals surface area (Å²) in [4.78, 5) is 0. The minimum atomic E-state index is -0.0259. The maximum atomic E-state index is 9.54. The number of hydrogen-bond donors (Lipinski definition) is 2. The van der Waals surface area contributed by atoms with E-state index in [1.54, 1.807) is 31.2 Å². The molecular formula is C15H18O2. The second-order valence-corrected chi connectivity index (χ2v) is 5.04. The van der Waals surface area contributed by atoms with Gasteiger partial charge < -0.3 is 10.2 Å². The third kappa shape index (κ3) is 4.24. The highest BCUT2D eigenvalue weighted by molar-refractivity contribution is 5.59. The van der Waals surface area contributed by atoms with Gasteiger partial charge in [-0.2, -0.15) is 0 Å². The largest absolute Gasteiger partial charge is 0.508 e. The molecule has 2 nitrogen and oxygen atoms in total. The molecule has 0 aliphatic rings. The fourth-order valence-corrected chi connectivity index (χ4v) is 1.20. The highest BCUT2D eigenvalue weighted by atomic mass is 16.3. The highest BCUT2D eigenvalue weighted by Crippen LogP contribution is 2.27. The van der Waals surface area contributed by atoms with Crippen LogP contribution in [0.2, 0.25) is 0 Å². The van der Waals surface area contributed by atoms with Crippen molar-refractivity contribution in [2.24, 2.45) is 5.41 Å². The molecule has 0 saturated heterocycles. The molecule has 0 heterocycles. The first-order chi connectivity index (χ1) is 7.79. The summed E-state index contributed by atoms with van der Waals surface area (Å²) in [6.07, 6.45) is 3.48. The first-order valence-corrected chi connectivity index (χ1v) is 5.51. The molecule has 0 spiro atoms. The number of allylic oxidation sites excluding steroid dienone is 1. The minimum Gasteiger partial charge on any atom is -0.508 e. The molecule has 0 aliphatic heterocycles. The highest BCUT2D eigenvalue weighted by Gasteiger charge is 2.03. The Hall–Kier alpha value is -1.88. The summed E-state index contributed by atoms with van der Waals surface area (Å²) < 4.78 is 0. The lowest BCUT2D eigenvalue weighted by Crippen LogP contribution is -1.98. The lowest BCUT2D eigenvalue weighted by Gasteiger charge is -2.06. The zero-order chi connectivity index (χ0) is 13.1. The van der Waals surface area contributed by atoms with Crippen molar-refractivity contribution in [2.75, 3.05) is 0 Å². The van der Waals surface area contributed by atoms with Gasteiger partial charge >= 0.3 is 0 Å². The van der Waals surface area contributed by atoms with E-state index in [0.29, 0.717) is 5.56 Å². The van der Waals surface area contributed by atoms with E-state index in [-0.39, 0.29) is 16.9 Å². The van der Waals surface area contributed by atoms with Crippen LogP contribution in [0.15, 0.2) is 18.2 Å². The lowest BCUT2D eigenvalue weighted by atomic mass is 9.98. The van der Waals surface area contributed by atoms with E-state index in [4.69, 9.17) is 0 Å². The van der Waals surface area contributed by atoms with Gasteiger partial charge in [-0.05, 0) is 57.5 Å². The molecule has 0 fully saturated rings. The van der Waals surface area contributed by atoms with E-state index >= 15 is 0 Å². The number of rotatable bonds is 1. The first kappa shape index (κ1) is 13.2. The summed E-state index contributed by atoms with van der Waals surface area (Å²) in [5.41, 5.74) is 1.19. The van der Waals surface area contributed by atoms with Crippen LogP contribution in [0, 0.1) is 24.2 Å². The molecule has 1 aromatic rings. The van der Waals surface area contributed by atoms with Crippen LogP contribution < -0.4 is 0 Å². The van der Waals surface area contributed by atoms with Gasteiger partial charge in [0.25, 0.3) is 0 Å². The van der Waals surface area contributed by atoms with E-state index in [9.17, 15) is 10.2 Å². The van der Waals surface area contributed by atoms with E-state index in [1.807, 2.05) is 20.8 Å². The molecule has 0 aromatic heterocycles. The van der Waals surface area contributed by atoms with Crippen molar-refractivity contribution in [1.29, 1.82) is 0 Å². The van der Waals surface area contributed by atoms with Crippen LogP contribution in [0.25, 0.3) is 6.08 Å². The summed E-state index contributed by atoms with van der Waals surface area (Å²) >= 11 is 0. The van der Waals surface area contributed by atoms with E-state index in [2.05, 4.69) is 11.8 Å². The average Bonchev–Trinajstić information content (AvgIpc) is 2.19. The molecule has 2 heteroatoms. The third-order valence-corrected chi connectivity index (χ3v) is 2.18. The normalized spacial score (nSPS) is 11.3. The molecule has 2 N–H and O–H groups in total. The van der Waals surface area contributed by atoms with Gasteiger partial charge in [0, 0.05) is 11.0 Å². The number of phenols is 2. The molecule has 0 atom stereocenters. The zero-order valence-electron chi connectivity index (χ0n) is 10.7. The standard InChI is InChI=1S/C15H18O2/c1-11-13(16)9-12(10-14(11)17)7-5-6-8-15(2,3)4/h5,7,9-10,16-17H,1-4H3/b7-5+. The quantitative estimate of drug-likeness (QED) is 0.725. The monoisotopic (exact) mass is 230 g/mol. The molecule has 1 rings (SSSR count). The van der Waals surface area contributed by atoms with Gasteiger partial charge in [0.1, 0.15) is 11.5 Å². The van der Waals surface area contributed by atoms with Gasteiger partial charge in [0.05, 0.1) is 0 Å². The Bertz CT molecular complexity index is 471. The maximum absolute atomic E-state index is 9.54. The Morgan fingerprint density at radius 1 is 1.12 bits per heavy atom. The fraction of sp³-hybridized carbons (Fsp3) is 0.333. The molecule has 0 unspecified atom stereocenters. The zero-order valence-corrected chi connectivity index (χ0v) is 10.7. The van der Waals surface area contributed by atoms with Gasteiger partial charge in [0.15, 0.2) is 0 Å². The number of phenolic OH excluding ortho intramolecular Hbond substituents is 2. The van der Waals surface area contributed by atoms with Crippen LogP contribution in [0.5, 0.6) is 11.5 Å². The van der Waals surface area contributed by atoms with Crippen molar-refractivity contribution in [1.82, 2.24) is 0 Å². The first-order valence-electron chi connectivity index (χ1n) is 5.51. The van der Waals surface area contributed by atoms with Crippen molar-refractivity contribution in [3.05, 3.63) is 29.3 Å². The van der Waals surface area contributed by atoms with Crippen LogP contribution in [-0.2, 0) is 0 Å². The van der Waals surface area contributed by atoms with E-state index in [0.717, 1.165) is 5.56 Å². The number of aromatic hydroxyl groups is 2. The second kappa shape index (κ2) is 4.97. The predicted molar refractivity (Wildman–Crippen MR) is 70.8 cm³/mol. The van der Waals surface area contributed by atoms with Gasteiger partial charge in [-0.15, -0.1) is 0 Å². The Morgan fingerprint density at radius 3 is 2.12 bits per heavy atom. The lowest BCUT2D eigenvalue weighted by molar-refractivity contribution is 0.443. The smallest absolute Gasteiger partial charge is 0.122 e. The Balaban J connectivity index is 2.89. The topological polar surface area (TPSA) is 40.5 Å². The molecule has 0 saturated carbocycles. The van der Waals surface area contributed by atoms with Gasteiger partial charge in [-0.25, -0.2) is 0 Å². The van der Waals surface area contributed by atoms with Crippen LogP contribution >= 0.6 is 0 Å². The summed E-state index contributed by atoms with van der Waals surface area (Å²) in [5, 5.41) is 19.1.